The maximum absolute atomic E-state index is 10.9. The molecule has 6 heteroatoms. The van der Waals surface area contributed by atoms with Crippen LogP contribution in [0.3, 0.4) is 0 Å². The zero-order valence-electron chi connectivity index (χ0n) is 8.60. The molecule has 0 aliphatic carbocycles. The third-order valence-corrected chi connectivity index (χ3v) is 2.24. The fraction of sp³-hybridized carbons (Fsp3) is 0.667. The number of hydrogen-bond acceptors (Lipinski definition) is 6. The monoisotopic (exact) mass is 211 g/mol. The van der Waals surface area contributed by atoms with Gasteiger partial charge in [0.15, 0.2) is 5.82 Å². The second-order valence-corrected chi connectivity index (χ2v) is 3.46. The zero-order chi connectivity index (χ0) is 10.7. The van der Waals surface area contributed by atoms with E-state index in [1.165, 1.54) is 6.92 Å². The molecular formula is C9H13N3O3. The summed E-state index contributed by atoms with van der Waals surface area (Å²) in [5.41, 5.74) is 0. The lowest BCUT2D eigenvalue weighted by atomic mass is 10.4. The van der Waals surface area contributed by atoms with E-state index in [1.54, 1.807) is 0 Å². The highest BCUT2D eigenvalue weighted by Gasteiger charge is 2.15. The first-order valence-corrected chi connectivity index (χ1v) is 4.89. The second-order valence-electron chi connectivity index (χ2n) is 3.46. The summed E-state index contributed by atoms with van der Waals surface area (Å²) in [4.78, 5) is 17.1. The second kappa shape index (κ2) is 4.50. The van der Waals surface area contributed by atoms with Crippen molar-refractivity contribution in [1.29, 1.82) is 0 Å². The van der Waals surface area contributed by atoms with Gasteiger partial charge in [0.1, 0.15) is 0 Å². The fourth-order valence-electron chi connectivity index (χ4n) is 1.42. The maximum atomic E-state index is 10.9. The van der Waals surface area contributed by atoms with Gasteiger partial charge in [-0.2, -0.15) is 4.98 Å². The van der Waals surface area contributed by atoms with Crippen molar-refractivity contribution >= 4 is 5.78 Å². The summed E-state index contributed by atoms with van der Waals surface area (Å²) >= 11 is 0. The van der Waals surface area contributed by atoms with E-state index in [4.69, 9.17) is 9.26 Å². The molecule has 0 amide bonds. The standard InChI is InChI=1S/C9H13N3O3/c1-7(13)9-10-8(11-15-9)6-12-2-4-14-5-3-12/h2-6H2,1H3. The van der Waals surface area contributed by atoms with E-state index in [0.29, 0.717) is 12.4 Å². The molecule has 2 heterocycles. The molecule has 0 atom stereocenters. The number of morpholine rings is 1. The topological polar surface area (TPSA) is 68.5 Å². The Morgan fingerprint density at radius 3 is 2.80 bits per heavy atom. The van der Waals surface area contributed by atoms with Crippen molar-refractivity contribution in [3.05, 3.63) is 11.7 Å². The number of carbonyl (C=O) groups excluding carboxylic acids is 1. The molecule has 0 spiro atoms. The first-order chi connectivity index (χ1) is 7.25. The molecule has 1 saturated heterocycles. The van der Waals surface area contributed by atoms with Crippen LogP contribution in [-0.4, -0.2) is 47.1 Å². The molecule has 0 bridgehead atoms. The Kier molecular flexibility index (Phi) is 3.08. The summed E-state index contributed by atoms with van der Waals surface area (Å²) in [5.74, 6) is 0.441. The number of rotatable bonds is 3. The van der Waals surface area contributed by atoms with Crippen LogP contribution in [0.2, 0.25) is 0 Å². The van der Waals surface area contributed by atoms with Crippen LogP contribution in [0.15, 0.2) is 4.52 Å². The minimum Gasteiger partial charge on any atom is -0.379 e. The summed E-state index contributed by atoms with van der Waals surface area (Å²) in [6, 6.07) is 0. The third-order valence-electron chi connectivity index (χ3n) is 2.24. The van der Waals surface area contributed by atoms with E-state index >= 15 is 0 Å². The molecule has 1 aliphatic rings. The van der Waals surface area contributed by atoms with Crippen LogP contribution >= 0.6 is 0 Å². The average Bonchev–Trinajstić information content (AvgIpc) is 2.68. The average molecular weight is 211 g/mol. The van der Waals surface area contributed by atoms with Gasteiger partial charge < -0.3 is 9.26 Å². The summed E-state index contributed by atoms with van der Waals surface area (Å²) in [6.07, 6.45) is 0. The van der Waals surface area contributed by atoms with Crippen LogP contribution < -0.4 is 0 Å². The molecule has 1 aromatic rings. The molecule has 0 aromatic carbocycles. The van der Waals surface area contributed by atoms with Gasteiger partial charge >= 0.3 is 0 Å². The Bertz CT molecular complexity index is 344. The fourth-order valence-corrected chi connectivity index (χ4v) is 1.42. The predicted octanol–water partition coefficient (Wildman–Crippen LogP) is 0.104. The lowest BCUT2D eigenvalue weighted by molar-refractivity contribution is 0.0327. The molecule has 0 saturated carbocycles. The van der Waals surface area contributed by atoms with E-state index < -0.39 is 0 Å². The number of ketones is 1. The number of aromatic nitrogens is 2. The lowest BCUT2D eigenvalue weighted by Gasteiger charge is -2.24. The molecule has 0 radical (unpaired) electrons. The largest absolute Gasteiger partial charge is 0.379 e. The Morgan fingerprint density at radius 1 is 1.47 bits per heavy atom. The number of hydrogen-bond donors (Lipinski definition) is 0. The normalized spacial score (nSPS) is 17.9. The zero-order valence-corrected chi connectivity index (χ0v) is 8.60. The molecule has 82 valence electrons. The van der Waals surface area contributed by atoms with Gasteiger partial charge in [0.25, 0.3) is 5.89 Å². The highest BCUT2D eigenvalue weighted by molar-refractivity contribution is 5.89. The SMILES string of the molecule is CC(=O)c1nc(CN2CCOCC2)no1. The molecular weight excluding hydrogens is 198 g/mol. The number of carbonyl (C=O) groups is 1. The first-order valence-electron chi connectivity index (χ1n) is 4.89. The molecule has 1 aliphatic heterocycles. The minimum absolute atomic E-state index is 0.0817. The van der Waals surface area contributed by atoms with Crippen molar-refractivity contribution in [1.82, 2.24) is 15.0 Å². The van der Waals surface area contributed by atoms with E-state index in [-0.39, 0.29) is 11.7 Å². The summed E-state index contributed by atoms with van der Waals surface area (Å²) in [7, 11) is 0. The van der Waals surface area contributed by atoms with Gasteiger partial charge in [0.2, 0.25) is 5.78 Å². The van der Waals surface area contributed by atoms with Crippen molar-refractivity contribution in [3.63, 3.8) is 0 Å². The predicted molar refractivity (Wildman–Crippen MR) is 50.4 cm³/mol. The van der Waals surface area contributed by atoms with Crippen molar-refractivity contribution in [3.8, 4) is 0 Å². The maximum Gasteiger partial charge on any atom is 0.293 e. The minimum atomic E-state index is -0.198. The van der Waals surface area contributed by atoms with Crippen molar-refractivity contribution in [2.75, 3.05) is 26.3 Å². The van der Waals surface area contributed by atoms with Crippen LogP contribution in [0.1, 0.15) is 23.4 Å². The van der Waals surface area contributed by atoms with Crippen molar-refractivity contribution in [2.45, 2.75) is 13.5 Å². The molecule has 2 rings (SSSR count). The van der Waals surface area contributed by atoms with Crippen LogP contribution in [-0.2, 0) is 11.3 Å². The van der Waals surface area contributed by atoms with Gasteiger partial charge in [-0.1, -0.05) is 5.16 Å². The Labute approximate surface area is 87.2 Å². The lowest BCUT2D eigenvalue weighted by Crippen LogP contribution is -2.35. The van der Waals surface area contributed by atoms with Gasteiger partial charge in [-0.3, -0.25) is 9.69 Å². The van der Waals surface area contributed by atoms with Gasteiger partial charge in [0.05, 0.1) is 19.8 Å². The smallest absolute Gasteiger partial charge is 0.293 e. The van der Waals surface area contributed by atoms with Crippen LogP contribution in [0.4, 0.5) is 0 Å². The van der Waals surface area contributed by atoms with Crippen LogP contribution in [0, 0.1) is 0 Å². The number of ether oxygens (including phenoxy) is 1. The van der Waals surface area contributed by atoms with E-state index in [1.807, 2.05) is 0 Å². The Balaban J connectivity index is 1.94. The first kappa shape index (κ1) is 10.3. The summed E-state index contributed by atoms with van der Waals surface area (Å²) in [6.45, 7) is 5.22. The third kappa shape index (κ3) is 2.60. The van der Waals surface area contributed by atoms with E-state index in [9.17, 15) is 4.79 Å². The van der Waals surface area contributed by atoms with Gasteiger partial charge in [-0.15, -0.1) is 0 Å². The number of nitrogens with zero attached hydrogens (tertiary/aromatic N) is 3. The quantitative estimate of drug-likeness (QED) is 0.661. The van der Waals surface area contributed by atoms with Crippen molar-refractivity contribution in [2.24, 2.45) is 0 Å². The summed E-state index contributed by atoms with van der Waals surface area (Å²) < 4.78 is 10.0. The van der Waals surface area contributed by atoms with Crippen molar-refractivity contribution < 1.29 is 14.1 Å². The van der Waals surface area contributed by atoms with Crippen LogP contribution in [0.25, 0.3) is 0 Å². The Hall–Kier alpha value is -1.27. The molecule has 0 unspecified atom stereocenters. The summed E-state index contributed by atoms with van der Waals surface area (Å²) in [5, 5.41) is 3.74. The molecule has 15 heavy (non-hydrogen) atoms. The van der Waals surface area contributed by atoms with Crippen LogP contribution in [0.5, 0.6) is 0 Å². The molecule has 1 fully saturated rings. The highest BCUT2D eigenvalue weighted by atomic mass is 16.5. The van der Waals surface area contributed by atoms with Gasteiger partial charge in [-0.25, -0.2) is 0 Å². The number of Topliss-reactive ketones (excluding diaryl/α,β-unsaturated/α-hetero) is 1. The highest BCUT2D eigenvalue weighted by Crippen LogP contribution is 2.04. The van der Waals surface area contributed by atoms with Gasteiger partial charge in [0, 0.05) is 20.0 Å². The van der Waals surface area contributed by atoms with E-state index in [2.05, 4.69) is 15.0 Å². The molecule has 0 N–H and O–H groups in total. The molecule has 1 aromatic heterocycles. The van der Waals surface area contributed by atoms with E-state index in [0.717, 1.165) is 26.3 Å². The Morgan fingerprint density at radius 2 is 2.20 bits per heavy atom. The molecule has 6 nitrogen and oxygen atoms in total. The van der Waals surface area contributed by atoms with Gasteiger partial charge in [-0.05, 0) is 0 Å².